The van der Waals surface area contributed by atoms with Crippen LogP contribution < -0.4 is 0 Å². The van der Waals surface area contributed by atoms with E-state index in [-0.39, 0.29) is 0 Å². The average molecular weight is 184 g/mol. The molecule has 0 radical (unpaired) electrons. The summed E-state index contributed by atoms with van der Waals surface area (Å²) in [4.78, 5) is 11.1. The lowest BCUT2D eigenvalue weighted by atomic mass is 10.1. The highest BCUT2D eigenvalue weighted by molar-refractivity contribution is 5.90. The van der Waals surface area contributed by atoms with E-state index in [2.05, 4.69) is 16.6 Å². The second-order valence-corrected chi connectivity index (χ2v) is 2.54. The maximum Gasteiger partial charge on any atom is 0.337 e. The molecule has 2 heteroatoms. The van der Waals surface area contributed by atoms with E-state index in [0.29, 0.717) is 16.7 Å². The number of rotatable bonds is 1. The van der Waals surface area contributed by atoms with Gasteiger partial charge in [-0.3, -0.25) is 0 Å². The number of benzene rings is 1. The summed E-state index contributed by atoms with van der Waals surface area (Å²) in [5.41, 5.74) is 1.52. The molecule has 0 aliphatic rings. The van der Waals surface area contributed by atoms with Crippen LogP contribution in [0.25, 0.3) is 0 Å². The van der Waals surface area contributed by atoms with E-state index in [1.807, 2.05) is 0 Å². The Morgan fingerprint density at radius 3 is 2.43 bits per heavy atom. The second kappa shape index (κ2) is 4.16. The van der Waals surface area contributed by atoms with Crippen LogP contribution in [-0.4, -0.2) is 13.1 Å². The zero-order valence-corrected chi connectivity index (χ0v) is 7.70. The average Bonchev–Trinajstić information content (AvgIpc) is 2.26. The zero-order valence-electron chi connectivity index (χ0n) is 7.70. The summed E-state index contributed by atoms with van der Waals surface area (Å²) in [6.07, 6.45) is 10.5. The van der Waals surface area contributed by atoms with Crippen LogP contribution in [0.2, 0.25) is 0 Å². The quantitative estimate of drug-likeness (QED) is 0.487. The molecule has 0 heterocycles. The van der Waals surface area contributed by atoms with E-state index in [4.69, 9.17) is 12.8 Å². The number of hydrogen-bond donors (Lipinski definition) is 0. The summed E-state index contributed by atoms with van der Waals surface area (Å²) in [6.45, 7) is 0. The fraction of sp³-hybridized carbons (Fsp3) is 0.0833. The number of methoxy groups -OCH3 is 1. The van der Waals surface area contributed by atoms with Crippen LogP contribution in [0.15, 0.2) is 18.2 Å². The highest BCUT2D eigenvalue weighted by Gasteiger charge is 2.07. The van der Waals surface area contributed by atoms with Crippen molar-refractivity contribution in [2.24, 2.45) is 0 Å². The van der Waals surface area contributed by atoms with Crippen LogP contribution in [0.1, 0.15) is 21.5 Å². The van der Waals surface area contributed by atoms with Gasteiger partial charge in [0.2, 0.25) is 0 Å². The van der Waals surface area contributed by atoms with Gasteiger partial charge in [0.1, 0.15) is 0 Å². The van der Waals surface area contributed by atoms with E-state index >= 15 is 0 Å². The number of carbonyl (C=O) groups is 1. The Labute approximate surface area is 82.9 Å². The van der Waals surface area contributed by atoms with Gasteiger partial charge >= 0.3 is 5.97 Å². The second-order valence-electron chi connectivity index (χ2n) is 2.54. The molecule has 0 unspecified atom stereocenters. The molecular weight excluding hydrogens is 176 g/mol. The van der Waals surface area contributed by atoms with E-state index < -0.39 is 5.97 Å². The van der Waals surface area contributed by atoms with Crippen LogP contribution in [-0.2, 0) is 4.74 Å². The van der Waals surface area contributed by atoms with Gasteiger partial charge in [0.25, 0.3) is 0 Å². The molecule has 0 spiro atoms. The van der Waals surface area contributed by atoms with Crippen molar-refractivity contribution in [2.75, 3.05) is 7.11 Å². The number of ether oxygens (including phenoxy) is 1. The molecule has 0 saturated carbocycles. The first-order chi connectivity index (χ1) is 6.72. The van der Waals surface area contributed by atoms with Crippen LogP contribution >= 0.6 is 0 Å². The summed E-state index contributed by atoms with van der Waals surface area (Å²) in [5.74, 6) is 4.43. The molecule has 1 aromatic rings. The van der Waals surface area contributed by atoms with Crippen molar-refractivity contribution in [3.63, 3.8) is 0 Å². The van der Waals surface area contributed by atoms with Gasteiger partial charge in [-0.1, -0.05) is 11.8 Å². The minimum absolute atomic E-state index is 0.402. The fourth-order valence-corrected chi connectivity index (χ4v) is 1.03. The first-order valence-corrected chi connectivity index (χ1v) is 3.88. The smallest absolute Gasteiger partial charge is 0.337 e. The minimum Gasteiger partial charge on any atom is -0.465 e. The van der Waals surface area contributed by atoms with Gasteiger partial charge in [-0.25, -0.2) is 4.79 Å². The summed E-state index contributed by atoms with van der Waals surface area (Å²) < 4.78 is 4.55. The highest BCUT2D eigenvalue weighted by Crippen LogP contribution is 2.10. The third-order valence-corrected chi connectivity index (χ3v) is 1.75. The molecule has 0 fully saturated rings. The summed E-state index contributed by atoms with van der Waals surface area (Å²) in [6, 6.07) is 4.75. The van der Waals surface area contributed by atoms with E-state index in [1.54, 1.807) is 18.2 Å². The molecule has 1 aromatic carbocycles. The molecule has 0 saturated heterocycles. The van der Waals surface area contributed by atoms with Gasteiger partial charge in [-0.2, -0.15) is 0 Å². The Kier molecular flexibility index (Phi) is 2.94. The van der Waals surface area contributed by atoms with Crippen molar-refractivity contribution < 1.29 is 9.53 Å². The first-order valence-electron chi connectivity index (χ1n) is 3.88. The van der Waals surface area contributed by atoms with Gasteiger partial charge < -0.3 is 4.74 Å². The van der Waals surface area contributed by atoms with Crippen molar-refractivity contribution in [3.05, 3.63) is 34.9 Å². The number of carbonyl (C=O) groups excluding carboxylic acids is 1. The van der Waals surface area contributed by atoms with Gasteiger partial charge in [0, 0.05) is 11.1 Å². The minimum atomic E-state index is -0.426. The number of esters is 1. The molecule has 0 amide bonds. The monoisotopic (exact) mass is 184 g/mol. The molecule has 0 aromatic heterocycles. The molecule has 0 bridgehead atoms. The molecule has 0 N–H and O–H groups in total. The van der Waals surface area contributed by atoms with Crippen molar-refractivity contribution in [3.8, 4) is 24.7 Å². The predicted octanol–water partition coefficient (Wildman–Crippen LogP) is 1.44. The van der Waals surface area contributed by atoms with E-state index in [0.717, 1.165) is 0 Å². The van der Waals surface area contributed by atoms with Crippen LogP contribution in [0.4, 0.5) is 0 Å². The van der Waals surface area contributed by atoms with Crippen LogP contribution in [0, 0.1) is 24.7 Å². The molecule has 2 nitrogen and oxygen atoms in total. The predicted molar refractivity (Wildman–Crippen MR) is 53.7 cm³/mol. The molecule has 68 valence electrons. The third-order valence-electron chi connectivity index (χ3n) is 1.75. The Balaban J connectivity index is 3.24. The summed E-state index contributed by atoms with van der Waals surface area (Å²) in [7, 11) is 1.31. The topological polar surface area (TPSA) is 26.3 Å². The molecule has 0 aliphatic heterocycles. The highest BCUT2D eigenvalue weighted by atomic mass is 16.5. The number of terminal acetylenes is 2. The summed E-state index contributed by atoms with van der Waals surface area (Å²) in [5, 5.41) is 0. The molecular formula is C12H8O2. The maximum atomic E-state index is 11.1. The lowest BCUT2D eigenvalue weighted by Crippen LogP contribution is -2.01. The first kappa shape index (κ1) is 9.89. The van der Waals surface area contributed by atoms with Gasteiger partial charge in [0.15, 0.2) is 0 Å². The van der Waals surface area contributed by atoms with Crippen molar-refractivity contribution in [1.29, 1.82) is 0 Å². The fourth-order valence-electron chi connectivity index (χ4n) is 1.03. The Bertz CT molecular complexity index is 444. The zero-order chi connectivity index (χ0) is 10.6. The number of hydrogen-bond acceptors (Lipinski definition) is 2. The molecule has 0 atom stereocenters. The normalized spacial score (nSPS) is 8.50. The van der Waals surface area contributed by atoms with E-state index in [1.165, 1.54) is 7.11 Å². The van der Waals surface area contributed by atoms with Crippen LogP contribution in [0.3, 0.4) is 0 Å². The van der Waals surface area contributed by atoms with Crippen LogP contribution in [0.5, 0.6) is 0 Å². The Morgan fingerprint density at radius 1 is 1.29 bits per heavy atom. The van der Waals surface area contributed by atoms with Gasteiger partial charge in [-0.05, 0) is 18.2 Å². The standard InChI is InChI=1S/C12H8O2/c1-4-9-6-7-11(12(13)14-3)8-10(9)5-2/h1-2,6-8H,3H3. The van der Waals surface area contributed by atoms with E-state index in [9.17, 15) is 4.79 Å². The van der Waals surface area contributed by atoms with Gasteiger partial charge in [-0.15, -0.1) is 12.8 Å². The summed E-state index contributed by atoms with van der Waals surface area (Å²) >= 11 is 0. The van der Waals surface area contributed by atoms with Crippen molar-refractivity contribution in [2.45, 2.75) is 0 Å². The third kappa shape index (κ3) is 1.76. The van der Waals surface area contributed by atoms with Crippen molar-refractivity contribution >= 4 is 5.97 Å². The lowest BCUT2D eigenvalue weighted by molar-refractivity contribution is 0.0600. The molecule has 1 rings (SSSR count). The molecule has 0 aliphatic carbocycles. The molecule has 14 heavy (non-hydrogen) atoms. The maximum absolute atomic E-state index is 11.1. The van der Waals surface area contributed by atoms with Gasteiger partial charge in [0.05, 0.1) is 12.7 Å². The lowest BCUT2D eigenvalue weighted by Gasteiger charge is -2.01. The Morgan fingerprint density at radius 2 is 1.93 bits per heavy atom. The Hall–Kier alpha value is -2.19. The largest absolute Gasteiger partial charge is 0.465 e. The SMILES string of the molecule is C#Cc1ccc(C(=O)OC)cc1C#C. The van der Waals surface area contributed by atoms with Crippen molar-refractivity contribution in [1.82, 2.24) is 0 Å².